The van der Waals surface area contributed by atoms with Crippen molar-refractivity contribution in [3.8, 4) is 0 Å². The Morgan fingerprint density at radius 2 is 1.96 bits per heavy atom. The molecule has 6 nitrogen and oxygen atoms in total. The van der Waals surface area contributed by atoms with Gasteiger partial charge in [0.2, 0.25) is 5.91 Å². The number of carbonyl (C=O) groups excluding carboxylic acids is 1. The molecule has 2 atom stereocenters. The van der Waals surface area contributed by atoms with Crippen molar-refractivity contribution in [2.75, 3.05) is 6.54 Å². The van der Waals surface area contributed by atoms with Gasteiger partial charge < -0.3 is 10.0 Å². The van der Waals surface area contributed by atoms with Crippen LogP contribution < -0.4 is 0 Å². The highest BCUT2D eigenvalue weighted by Crippen LogP contribution is 2.29. The Morgan fingerprint density at radius 3 is 2.52 bits per heavy atom. The molecular formula is C16H22F3N3O3. The van der Waals surface area contributed by atoms with Crippen molar-refractivity contribution in [2.24, 2.45) is 0 Å². The summed E-state index contributed by atoms with van der Waals surface area (Å²) in [5.41, 5.74) is 1.06. The minimum atomic E-state index is -4.41. The average molecular weight is 361 g/mol. The Bertz CT molecular complexity index is 670. The molecule has 2 heterocycles. The number of hydrogen-bond acceptors (Lipinski definition) is 3. The van der Waals surface area contributed by atoms with E-state index in [4.69, 9.17) is 0 Å². The van der Waals surface area contributed by atoms with Crippen LogP contribution in [0, 0.1) is 13.8 Å². The molecule has 0 radical (unpaired) electrons. The number of carboxylic acids is 1. The van der Waals surface area contributed by atoms with Gasteiger partial charge >= 0.3 is 12.1 Å². The van der Waals surface area contributed by atoms with Crippen LogP contribution in [0.25, 0.3) is 0 Å². The Labute approximate surface area is 143 Å². The highest BCUT2D eigenvalue weighted by molar-refractivity contribution is 5.88. The van der Waals surface area contributed by atoms with E-state index >= 15 is 0 Å². The summed E-state index contributed by atoms with van der Waals surface area (Å²) in [6.07, 6.45) is -2.57. The number of carboxylic acid groups (broad SMARTS) is 1. The van der Waals surface area contributed by atoms with Gasteiger partial charge in [-0.05, 0) is 40.0 Å². The first kappa shape index (κ1) is 19.3. The lowest BCUT2D eigenvalue weighted by atomic mass is 9.94. The zero-order valence-electron chi connectivity index (χ0n) is 14.4. The first-order valence-electron chi connectivity index (χ1n) is 8.17. The second-order valence-electron chi connectivity index (χ2n) is 6.46. The van der Waals surface area contributed by atoms with Crippen LogP contribution in [0.2, 0.25) is 0 Å². The summed E-state index contributed by atoms with van der Waals surface area (Å²) in [6.45, 7) is 3.77. The van der Waals surface area contributed by atoms with Gasteiger partial charge in [-0.2, -0.15) is 18.3 Å². The van der Waals surface area contributed by atoms with Gasteiger partial charge in [0.15, 0.2) is 0 Å². The molecule has 1 fully saturated rings. The van der Waals surface area contributed by atoms with Crippen molar-refractivity contribution in [1.29, 1.82) is 0 Å². The third-order valence-corrected chi connectivity index (χ3v) is 4.64. The highest BCUT2D eigenvalue weighted by atomic mass is 19.4. The second kappa shape index (κ2) is 7.05. The summed E-state index contributed by atoms with van der Waals surface area (Å²) in [7, 11) is 0. The fraction of sp³-hybridized carbons (Fsp3) is 0.688. The molecule has 1 saturated heterocycles. The van der Waals surface area contributed by atoms with E-state index in [1.807, 2.05) is 0 Å². The van der Waals surface area contributed by atoms with Crippen LogP contribution in [0.1, 0.15) is 49.1 Å². The molecule has 1 aromatic rings. The van der Waals surface area contributed by atoms with Gasteiger partial charge in [0, 0.05) is 17.8 Å². The predicted octanol–water partition coefficient (Wildman–Crippen LogP) is 2.63. The molecule has 0 saturated carbocycles. The van der Waals surface area contributed by atoms with Crippen molar-refractivity contribution in [2.45, 2.75) is 64.7 Å². The molecule has 0 aliphatic carbocycles. The first-order valence-corrected chi connectivity index (χ1v) is 8.17. The maximum Gasteiger partial charge on any atom is 0.408 e. The lowest BCUT2D eigenvalue weighted by Crippen LogP contribution is -2.49. The van der Waals surface area contributed by atoms with E-state index in [0.717, 1.165) is 11.1 Å². The van der Waals surface area contributed by atoms with Crippen LogP contribution in [0.15, 0.2) is 0 Å². The van der Waals surface area contributed by atoms with Crippen LogP contribution in [0.4, 0.5) is 13.2 Å². The number of amides is 1. The minimum Gasteiger partial charge on any atom is -0.480 e. The maximum absolute atomic E-state index is 12.8. The number of aryl methyl sites for hydroxylation is 1. The summed E-state index contributed by atoms with van der Waals surface area (Å²) >= 11 is 0. The van der Waals surface area contributed by atoms with Crippen LogP contribution in [-0.2, 0) is 16.1 Å². The molecule has 1 unspecified atom stereocenters. The Kier molecular flexibility index (Phi) is 5.43. The van der Waals surface area contributed by atoms with E-state index in [0.29, 0.717) is 30.6 Å². The molecule has 140 valence electrons. The zero-order valence-corrected chi connectivity index (χ0v) is 14.4. The van der Waals surface area contributed by atoms with Crippen molar-refractivity contribution in [1.82, 2.24) is 14.7 Å². The smallest absolute Gasteiger partial charge is 0.408 e. The van der Waals surface area contributed by atoms with Gasteiger partial charge in [0.1, 0.15) is 12.6 Å². The molecule has 0 spiro atoms. The van der Waals surface area contributed by atoms with E-state index < -0.39 is 30.7 Å². The standard InChI is InChI=1S/C16H22F3N3O3/c1-9(14(23)21-7-5-4-6-12(21)15(24)25)13-10(2)20-22(11(13)3)8-16(17,18)19/h9,12H,4-8H2,1-3H3,(H,24,25)/t9?,12-/m1/s1. The third-order valence-electron chi connectivity index (χ3n) is 4.64. The molecule has 1 aliphatic heterocycles. The lowest BCUT2D eigenvalue weighted by Gasteiger charge is -2.34. The second-order valence-corrected chi connectivity index (χ2v) is 6.46. The largest absolute Gasteiger partial charge is 0.480 e. The number of alkyl halides is 3. The molecule has 25 heavy (non-hydrogen) atoms. The fourth-order valence-corrected chi connectivity index (χ4v) is 3.49. The van der Waals surface area contributed by atoms with Gasteiger partial charge in [-0.25, -0.2) is 4.79 Å². The third kappa shape index (κ3) is 4.13. The molecule has 1 aromatic heterocycles. The van der Waals surface area contributed by atoms with Crippen LogP contribution in [-0.4, -0.2) is 50.4 Å². The quantitative estimate of drug-likeness (QED) is 0.895. The molecule has 0 aromatic carbocycles. The summed E-state index contributed by atoms with van der Waals surface area (Å²) in [6, 6.07) is -0.880. The van der Waals surface area contributed by atoms with Crippen molar-refractivity contribution >= 4 is 11.9 Å². The van der Waals surface area contributed by atoms with Crippen LogP contribution in [0.5, 0.6) is 0 Å². The summed E-state index contributed by atoms with van der Waals surface area (Å²) in [4.78, 5) is 25.5. The van der Waals surface area contributed by atoms with Crippen LogP contribution >= 0.6 is 0 Å². The number of nitrogens with zero attached hydrogens (tertiary/aromatic N) is 3. The summed E-state index contributed by atoms with van der Waals surface area (Å²) in [5.74, 6) is -2.19. The topological polar surface area (TPSA) is 75.4 Å². The molecule has 1 amide bonds. The van der Waals surface area contributed by atoms with Gasteiger partial charge in [-0.15, -0.1) is 0 Å². The van der Waals surface area contributed by atoms with Gasteiger partial charge in [-0.3, -0.25) is 9.48 Å². The normalized spacial score (nSPS) is 19.8. The maximum atomic E-state index is 12.8. The zero-order chi connectivity index (χ0) is 18.9. The van der Waals surface area contributed by atoms with Crippen molar-refractivity contribution in [3.05, 3.63) is 17.0 Å². The number of rotatable bonds is 4. The van der Waals surface area contributed by atoms with Gasteiger partial charge in [-0.1, -0.05) is 0 Å². The number of piperidine rings is 1. The first-order chi connectivity index (χ1) is 11.5. The van der Waals surface area contributed by atoms with Crippen LogP contribution in [0.3, 0.4) is 0 Å². The van der Waals surface area contributed by atoms with E-state index in [1.165, 1.54) is 11.8 Å². The Balaban J connectivity index is 2.29. The van der Waals surface area contributed by atoms with E-state index in [1.54, 1.807) is 13.8 Å². The molecule has 1 aliphatic rings. The fourth-order valence-electron chi connectivity index (χ4n) is 3.49. The van der Waals surface area contributed by atoms with E-state index in [2.05, 4.69) is 5.10 Å². The van der Waals surface area contributed by atoms with Crippen molar-refractivity contribution in [3.63, 3.8) is 0 Å². The lowest BCUT2D eigenvalue weighted by molar-refractivity contribution is -0.152. The summed E-state index contributed by atoms with van der Waals surface area (Å²) in [5, 5.41) is 13.2. The predicted molar refractivity (Wildman–Crippen MR) is 83.2 cm³/mol. The van der Waals surface area contributed by atoms with E-state index in [-0.39, 0.29) is 11.6 Å². The Hall–Kier alpha value is -2.06. The number of carbonyl (C=O) groups is 2. The minimum absolute atomic E-state index is 0.277. The number of hydrogen-bond donors (Lipinski definition) is 1. The average Bonchev–Trinajstić information content (AvgIpc) is 2.78. The molecule has 9 heteroatoms. The molecule has 2 rings (SSSR count). The number of aromatic nitrogens is 2. The van der Waals surface area contributed by atoms with E-state index in [9.17, 15) is 27.9 Å². The number of likely N-dealkylation sites (tertiary alicyclic amines) is 1. The number of halogens is 3. The molecule has 1 N–H and O–H groups in total. The molecule has 0 bridgehead atoms. The van der Waals surface area contributed by atoms with Gasteiger partial charge in [0.05, 0.1) is 11.6 Å². The van der Waals surface area contributed by atoms with Crippen molar-refractivity contribution < 1.29 is 27.9 Å². The monoisotopic (exact) mass is 361 g/mol. The Morgan fingerprint density at radius 1 is 1.32 bits per heavy atom. The number of aliphatic carboxylic acids is 1. The SMILES string of the molecule is Cc1nn(CC(F)(F)F)c(C)c1C(C)C(=O)N1CCCC[C@@H]1C(=O)O. The highest BCUT2D eigenvalue weighted by Gasteiger charge is 2.37. The summed E-state index contributed by atoms with van der Waals surface area (Å²) < 4.78 is 38.8. The van der Waals surface area contributed by atoms with Gasteiger partial charge in [0.25, 0.3) is 0 Å². The molecular weight excluding hydrogens is 339 g/mol.